The number of amides is 1. The third-order valence-electron chi connectivity index (χ3n) is 5.98. The average molecular weight is 423 g/mol. The number of carbonyl (C=O) groups is 1. The van der Waals surface area contributed by atoms with Gasteiger partial charge in [-0.15, -0.1) is 11.3 Å². The van der Waals surface area contributed by atoms with Gasteiger partial charge < -0.3 is 14.2 Å². The molecular formula is C25H30N2O2S. The molecule has 1 aliphatic carbocycles. The molecule has 4 rings (SSSR count). The molecule has 0 bridgehead atoms. The molecule has 1 fully saturated rings. The zero-order chi connectivity index (χ0) is 20.8. The lowest BCUT2D eigenvalue weighted by molar-refractivity contribution is -0.134. The van der Waals surface area contributed by atoms with E-state index in [0.29, 0.717) is 19.0 Å². The molecule has 0 atom stereocenters. The van der Waals surface area contributed by atoms with Gasteiger partial charge in [-0.25, -0.2) is 0 Å². The van der Waals surface area contributed by atoms with E-state index < -0.39 is 0 Å². The number of hydrogen-bond donors (Lipinski definition) is 0. The second-order valence-electron chi connectivity index (χ2n) is 8.05. The van der Waals surface area contributed by atoms with Gasteiger partial charge in [-0.05, 0) is 54.1 Å². The van der Waals surface area contributed by atoms with Gasteiger partial charge in [0.1, 0.15) is 5.75 Å². The molecule has 1 aliphatic rings. The van der Waals surface area contributed by atoms with Crippen LogP contribution in [0.2, 0.25) is 0 Å². The van der Waals surface area contributed by atoms with Gasteiger partial charge in [-0.1, -0.05) is 37.5 Å². The van der Waals surface area contributed by atoms with Crippen LogP contribution in [0, 0.1) is 0 Å². The maximum Gasteiger partial charge on any atom is 0.228 e. The molecule has 5 heteroatoms. The average Bonchev–Trinajstić information content (AvgIpc) is 3.45. The van der Waals surface area contributed by atoms with Crippen LogP contribution >= 0.6 is 11.3 Å². The minimum atomic E-state index is 0.249. The maximum atomic E-state index is 13.3. The molecule has 1 saturated carbocycles. The highest BCUT2D eigenvalue weighted by Crippen LogP contribution is 2.26. The summed E-state index contributed by atoms with van der Waals surface area (Å²) < 4.78 is 7.62. The highest BCUT2D eigenvalue weighted by atomic mass is 32.1. The first kappa shape index (κ1) is 20.7. The molecular weight excluding hydrogens is 392 g/mol. The number of hydrogen-bond acceptors (Lipinski definition) is 3. The van der Waals surface area contributed by atoms with Crippen LogP contribution in [0.5, 0.6) is 5.75 Å². The van der Waals surface area contributed by atoms with Crippen LogP contribution in [0.3, 0.4) is 0 Å². The van der Waals surface area contributed by atoms with E-state index in [9.17, 15) is 4.79 Å². The van der Waals surface area contributed by atoms with Gasteiger partial charge in [-0.3, -0.25) is 4.79 Å². The highest BCUT2D eigenvalue weighted by Gasteiger charge is 2.26. The largest absolute Gasteiger partial charge is 0.497 e. The summed E-state index contributed by atoms with van der Waals surface area (Å²) in [6, 6.07) is 16.9. The van der Waals surface area contributed by atoms with E-state index in [0.717, 1.165) is 30.0 Å². The number of methoxy groups -OCH3 is 1. The summed E-state index contributed by atoms with van der Waals surface area (Å²) in [7, 11) is 1.70. The highest BCUT2D eigenvalue weighted by molar-refractivity contribution is 7.10. The number of thiophene rings is 1. The number of carbonyl (C=O) groups excluding carboxylic acids is 1. The number of aromatic nitrogens is 1. The molecule has 0 spiro atoms. The topological polar surface area (TPSA) is 34.5 Å². The van der Waals surface area contributed by atoms with Gasteiger partial charge in [-0.2, -0.15) is 0 Å². The van der Waals surface area contributed by atoms with Gasteiger partial charge in [0.25, 0.3) is 0 Å². The van der Waals surface area contributed by atoms with Crippen molar-refractivity contribution in [1.82, 2.24) is 9.47 Å². The predicted octanol–water partition coefficient (Wildman–Crippen LogP) is 5.51. The third-order valence-corrected chi connectivity index (χ3v) is 6.86. The maximum absolute atomic E-state index is 13.3. The van der Waals surface area contributed by atoms with Crippen molar-refractivity contribution in [3.8, 4) is 5.75 Å². The minimum absolute atomic E-state index is 0.249. The second-order valence-corrected chi connectivity index (χ2v) is 9.08. The monoisotopic (exact) mass is 422 g/mol. The molecule has 30 heavy (non-hydrogen) atoms. The lowest BCUT2D eigenvalue weighted by atomic mass is 9.93. The molecule has 1 aromatic carbocycles. The van der Waals surface area contributed by atoms with E-state index in [1.807, 2.05) is 23.6 Å². The van der Waals surface area contributed by atoms with E-state index in [1.54, 1.807) is 18.4 Å². The molecule has 2 aromatic heterocycles. The van der Waals surface area contributed by atoms with Crippen LogP contribution in [0.1, 0.15) is 48.2 Å². The first-order chi connectivity index (χ1) is 14.7. The van der Waals surface area contributed by atoms with Crippen LogP contribution in [0.15, 0.2) is 60.1 Å². The Morgan fingerprint density at radius 2 is 2.00 bits per heavy atom. The molecule has 4 nitrogen and oxygen atoms in total. The standard InChI is InChI=1S/C25H30N2O2S/c1-29-23-12-5-8-20(16-23)18-26-14-6-11-22(26)19-27(21-9-3-2-4-10-21)25(28)17-24-13-7-15-30-24/h5-8,11-16,21H,2-4,9-10,17-19H2,1H3. The van der Waals surface area contributed by atoms with Crippen LogP contribution in [-0.4, -0.2) is 28.5 Å². The molecule has 0 radical (unpaired) electrons. The molecule has 0 unspecified atom stereocenters. The van der Waals surface area contributed by atoms with Crippen molar-refractivity contribution in [3.05, 3.63) is 76.2 Å². The fourth-order valence-corrected chi connectivity index (χ4v) is 5.06. The van der Waals surface area contributed by atoms with E-state index in [4.69, 9.17) is 4.74 Å². The van der Waals surface area contributed by atoms with Gasteiger partial charge in [0, 0.05) is 29.4 Å². The quantitative estimate of drug-likeness (QED) is 0.480. The molecule has 0 saturated heterocycles. The van der Waals surface area contributed by atoms with Gasteiger partial charge in [0.15, 0.2) is 0 Å². The fourth-order valence-electron chi connectivity index (χ4n) is 4.37. The van der Waals surface area contributed by atoms with Crippen molar-refractivity contribution in [1.29, 1.82) is 0 Å². The van der Waals surface area contributed by atoms with Crippen molar-refractivity contribution in [2.45, 2.75) is 57.7 Å². The van der Waals surface area contributed by atoms with Crippen LogP contribution < -0.4 is 4.74 Å². The van der Waals surface area contributed by atoms with E-state index >= 15 is 0 Å². The summed E-state index contributed by atoms with van der Waals surface area (Å²) >= 11 is 1.67. The van der Waals surface area contributed by atoms with E-state index in [-0.39, 0.29) is 5.91 Å². The Morgan fingerprint density at radius 1 is 1.13 bits per heavy atom. The first-order valence-electron chi connectivity index (χ1n) is 10.8. The Hall–Kier alpha value is -2.53. The normalized spacial score (nSPS) is 14.6. The first-order valence-corrected chi connectivity index (χ1v) is 11.7. The Bertz CT molecular complexity index is 942. The van der Waals surface area contributed by atoms with E-state index in [2.05, 4.69) is 46.0 Å². The van der Waals surface area contributed by atoms with Gasteiger partial charge >= 0.3 is 0 Å². The van der Waals surface area contributed by atoms with E-state index in [1.165, 1.54) is 30.5 Å². The number of benzene rings is 1. The summed E-state index contributed by atoms with van der Waals surface area (Å²) in [5.74, 6) is 1.12. The molecule has 1 amide bonds. The summed E-state index contributed by atoms with van der Waals surface area (Å²) in [6.45, 7) is 1.45. The van der Waals surface area contributed by atoms with Gasteiger partial charge in [0.2, 0.25) is 5.91 Å². The zero-order valence-corrected chi connectivity index (χ0v) is 18.4. The number of rotatable bonds is 8. The number of ether oxygens (including phenoxy) is 1. The molecule has 3 aromatic rings. The molecule has 0 N–H and O–H groups in total. The van der Waals surface area contributed by atoms with Crippen LogP contribution in [0.25, 0.3) is 0 Å². The SMILES string of the molecule is COc1cccc(Cn2cccc2CN(C(=O)Cc2cccs2)C2CCCCC2)c1. The van der Waals surface area contributed by atoms with Gasteiger partial charge in [0.05, 0.1) is 20.1 Å². The van der Waals surface area contributed by atoms with Crippen LogP contribution in [-0.2, 0) is 24.3 Å². The Balaban J connectivity index is 1.52. The lowest BCUT2D eigenvalue weighted by Gasteiger charge is -2.35. The molecule has 0 aliphatic heterocycles. The Morgan fingerprint density at radius 3 is 2.77 bits per heavy atom. The van der Waals surface area contributed by atoms with Crippen molar-refractivity contribution >= 4 is 17.2 Å². The minimum Gasteiger partial charge on any atom is -0.497 e. The van der Waals surface area contributed by atoms with Crippen molar-refractivity contribution in [3.63, 3.8) is 0 Å². The molecule has 158 valence electrons. The summed E-state index contributed by atoms with van der Waals surface area (Å²) in [6.07, 6.45) is 8.58. The Kier molecular flexibility index (Phi) is 6.90. The Labute approximate surface area is 183 Å². The molecule has 2 heterocycles. The summed E-state index contributed by atoms with van der Waals surface area (Å²) in [4.78, 5) is 16.6. The van der Waals surface area contributed by atoms with Crippen molar-refractivity contribution in [2.24, 2.45) is 0 Å². The fraction of sp³-hybridized carbons (Fsp3) is 0.400. The second kappa shape index (κ2) is 9.98. The number of nitrogens with zero attached hydrogens (tertiary/aromatic N) is 2. The van der Waals surface area contributed by atoms with Crippen molar-refractivity contribution < 1.29 is 9.53 Å². The third kappa shape index (κ3) is 5.14. The zero-order valence-electron chi connectivity index (χ0n) is 17.6. The smallest absolute Gasteiger partial charge is 0.228 e. The lowest BCUT2D eigenvalue weighted by Crippen LogP contribution is -2.42. The summed E-state index contributed by atoms with van der Waals surface area (Å²) in [5, 5.41) is 2.05. The predicted molar refractivity (Wildman–Crippen MR) is 122 cm³/mol. The summed E-state index contributed by atoms with van der Waals surface area (Å²) in [5.41, 5.74) is 2.38. The van der Waals surface area contributed by atoms with Crippen LogP contribution in [0.4, 0.5) is 0 Å². The van der Waals surface area contributed by atoms with Crippen molar-refractivity contribution in [2.75, 3.05) is 7.11 Å².